The number of hydrogen-bond donors (Lipinski definition) is 0. The van der Waals surface area contributed by atoms with Crippen LogP contribution >= 0.6 is 0 Å². The van der Waals surface area contributed by atoms with Crippen LogP contribution in [0.25, 0.3) is 43.4 Å². The average molecular weight is 651 g/mol. The first-order chi connectivity index (χ1) is 17.0. The number of nitrogens with zero attached hydrogens (tertiary/aromatic N) is 2. The van der Waals surface area contributed by atoms with Gasteiger partial charge >= 0.3 is 20.1 Å². The van der Waals surface area contributed by atoms with Crippen molar-refractivity contribution >= 4 is 54.9 Å². The molecule has 0 N–H and O–H groups in total. The van der Waals surface area contributed by atoms with E-state index in [2.05, 4.69) is 94.9 Å². The van der Waals surface area contributed by atoms with Gasteiger partial charge in [-0.2, -0.15) is 0 Å². The smallest absolute Gasteiger partial charge is 0.300 e. The molecule has 0 aliphatic rings. The van der Waals surface area contributed by atoms with E-state index in [9.17, 15) is 9.59 Å². The Morgan fingerprint density at radius 2 is 0.889 bits per heavy atom. The number of benzene rings is 4. The van der Waals surface area contributed by atoms with Crippen LogP contribution in [0, 0.1) is 0 Å². The summed E-state index contributed by atoms with van der Waals surface area (Å²) in [4.78, 5) is 28.9. The van der Waals surface area contributed by atoms with E-state index in [1.54, 1.807) is 0 Å². The molecule has 0 fully saturated rings. The SMILES string of the molecule is CC(=O)CC(C)=O.[Ir+3].c1ccc2c(c1)ccc1cccnc12.c1ccc2c(c1)ccc1cccnc12. The summed E-state index contributed by atoms with van der Waals surface area (Å²) in [5.74, 6) is -0.125. The molecule has 6 rings (SSSR count). The molecule has 2 heterocycles. The van der Waals surface area contributed by atoms with Gasteiger partial charge in [0.1, 0.15) is 11.6 Å². The fourth-order valence-electron chi connectivity index (χ4n) is 3.98. The molecular weight excluding hydrogens is 625 g/mol. The van der Waals surface area contributed by atoms with Gasteiger partial charge in [-0.05, 0) is 36.8 Å². The van der Waals surface area contributed by atoms with Crippen molar-refractivity contribution in [2.75, 3.05) is 0 Å². The number of pyridine rings is 2. The van der Waals surface area contributed by atoms with Gasteiger partial charge in [-0.15, -0.1) is 0 Å². The van der Waals surface area contributed by atoms with Gasteiger partial charge in [-0.3, -0.25) is 19.6 Å². The first-order valence-electron chi connectivity index (χ1n) is 11.5. The largest absolute Gasteiger partial charge is 3.00 e. The number of carbonyl (C=O) groups is 2. The van der Waals surface area contributed by atoms with Crippen LogP contribution in [0.3, 0.4) is 0 Å². The first kappa shape index (κ1) is 26.8. The van der Waals surface area contributed by atoms with Crippen LogP contribution in [-0.4, -0.2) is 21.5 Å². The summed E-state index contributed by atoms with van der Waals surface area (Å²) in [6, 6.07) is 33.3. The summed E-state index contributed by atoms with van der Waals surface area (Å²) in [5, 5.41) is 7.35. The predicted octanol–water partition coefficient (Wildman–Crippen LogP) is 7.33. The second-order valence-electron chi connectivity index (χ2n) is 8.30. The third-order valence-corrected chi connectivity index (χ3v) is 5.49. The molecule has 6 aromatic rings. The topological polar surface area (TPSA) is 59.9 Å². The van der Waals surface area contributed by atoms with Gasteiger partial charge in [-0.1, -0.05) is 84.9 Å². The van der Waals surface area contributed by atoms with Gasteiger partial charge in [0.15, 0.2) is 0 Å². The van der Waals surface area contributed by atoms with E-state index >= 15 is 0 Å². The second kappa shape index (κ2) is 12.8. The number of aromatic nitrogens is 2. The van der Waals surface area contributed by atoms with Gasteiger partial charge in [0, 0.05) is 33.9 Å². The fraction of sp³-hybridized carbons (Fsp3) is 0.0968. The Labute approximate surface area is 223 Å². The molecule has 0 aliphatic carbocycles. The molecule has 0 amide bonds. The fourth-order valence-corrected chi connectivity index (χ4v) is 3.98. The minimum atomic E-state index is -0.0625. The number of carbonyl (C=O) groups excluding carboxylic acids is 2. The summed E-state index contributed by atoms with van der Waals surface area (Å²) in [6.07, 6.45) is 3.77. The molecule has 4 aromatic carbocycles. The van der Waals surface area contributed by atoms with Gasteiger partial charge < -0.3 is 0 Å². The van der Waals surface area contributed by atoms with Gasteiger partial charge in [-0.25, -0.2) is 0 Å². The number of hydrogen-bond acceptors (Lipinski definition) is 4. The van der Waals surface area contributed by atoms with Crippen molar-refractivity contribution in [1.82, 2.24) is 9.97 Å². The van der Waals surface area contributed by atoms with Crippen molar-refractivity contribution in [3.63, 3.8) is 0 Å². The van der Waals surface area contributed by atoms with Crippen LogP contribution in [0.15, 0.2) is 109 Å². The summed E-state index contributed by atoms with van der Waals surface area (Å²) in [6.45, 7) is 2.81. The molecule has 4 nitrogen and oxygen atoms in total. The molecule has 178 valence electrons. The maximum absolute atomic E-state index is 10.0. The van der Waals surface area contributed by atoms with Crippen molar-refractivity contribution in [1.29, 1.82) is 0 Å². The monoisotopic (exact) mass is 651 g/mol. The van der Waals surface area contributed by atoms with E-state index in [0.29, 0.717) is 0 Å². The van der Waals surface area contributed by atoms with Crippen LogP contribution < -0.4 is 0 Å². The summed E-state index contributed by atoms with van der Waals surface area (Å²) in [5.41, 5.74) is 2.18. The molecule has 2 aromatic heterocycles. The minimum absolute atomic E-state index is 0. The third kappa shape index (κ3) is 6.66. The minimum Gasteiger partial charge on any atom is -0.300 e. The van der Waals surface area contributed by atoms with Crippen LogP contribution in [0.5, 0.6) is 0 Å². The Morgan fingerprint density at radius 3 is 1.28 bits per heavy atom. The third-order valence-electron chi connectivity index (χ3n) is 5.49. The van der Waals surface area contributed by atoms with E-state index in [0.717, 1.165) is 11.0 Å². The Hall–Kier alpha value is -3.79. The molecule has 0 unspecified atom stereocenters. The number of rotatable bonds is 2. The summed E-state index contributed by atoms with van der Waals surface area (Å²) >= 11 is 0. The zero-order chi connectivity index (χ0) is 24.6. The quantitative estimate of drug-likeness (QED) is 0.146. The zero-order valence-corrected chi connectivity index (χ0v) is 22.5. The normalized spacial score (nSPS) is 10.1. The van der Waals surface area contributed by atoms with E-state index in [1.165, 1.54) is 46.2 Å². The second-order valence-corrected chi connectivity index (χ2v) is 8.30. The van der Waals surface area contributed by atoms with Crippen LogP contribution in [0.1, 0.15) is 20.3 Å². The van der Waals surface area contributed by atoms with Crippen LogP contribution in [0.2, 0.25) is 0 Å². The molecule has 0 bridgehead atoms. The molecule has 0 spiro atoms. The standard InChI is InChI=1S/2C13H9N.C5H8O2.Ir/c2*1-2-6-12-10(4-1)7-8-11-5-3-9-14-13(11)12;1-4(6)3-5(2)7;/h2*1-9H;3H2,1-2H3;/q;;;+3. The number of ketones is 2. The zero-order valence-electron chi connectivity index (χ0n) is 20.1. The van der Waals surface area contributed by atoms with Gasteiger partial charge in [0.2, 0.25) is 0 Å². The van der Waals surface area contributed by atoms with Crippen molar-refractivity contribution in [3.05, 3.63) is 109 Å². The number of Topliss-reactive ketones (excluding diaryl/α,β-unsaturated/α-hetero) is 2. The molecule has 0 saturated carbocycles. The Balaban J connectivity index is 0.000000158. The summed E-state index contributed by atoms with van der Waals surface area (Å²) in [7, 11) is 0. The average Bonchev–Trinajstić information content (AvgIpc) is 2.88. The molecule has 5 heteroatoms. The molecule has 0 radical (unpaired) electrons. The van der Waals surface area contributed by atoms with Crippen molar-refractivity contribution in [2.24, 2.45) is 0 Å². The molecule has 0 saturated heterocycles. The van der Waals surface area contributed by atoms with E-state index in [1.807, 2.05) is 24.5 Å². The van der Waals surface area contributed by atoms with Crippen LogP contribution in [0.4, 0.5) is 0 Å². The Morgan fingerprint density at radius 1 is 0.528 bits per heavy atom. The molecule has 0 atom stereocenters. The molecule has 0 aliphatic heterocycles. The summed E-state index contributed by atoms with van der Waals surface area (Å²) < 4.78 is 0. The van der Waals surface area contributed by atoms with Crippen molar-refractivity contribution in [3.8, 4) is 0 Å². The van der Waals surface area contributed by atoms with Crippen LogP contribution in [-0.2, 0) is 29.7 Å². The Kier molecular flexibility index (Phi) is 9.52. The maximum Gasteiger partial charge on any atom is 3.00 e. The maximum atomic E-state index is 10.0. The Bertz CT molecular complexity index is 1410. The molecular formula is C31H26IrN2O2+3. The van der Waals surface area contributed by atoms with E-state index in [4.69, 9.17) is 0 Å². The van der Waals surface area contributed by atoms with Crippen molar-refractivity contribution in [2.45, 2.75) is 20.3 Å². The number of fused-ring (bicyclic) bond motifs is 6. The van der Waals surface area contributed by atoms with Gasteiger partial charge in [0.05, 0.1) is 17.5 Å². The van der Waals surface area contributed by atoms with Crippen molar-refractivity contribution < 1.29 is 29.7 Å². The van der Waals surface area contributed by atoms with E-state index < -0.39 is 0 Å². The van der Waals surface area contributed by atoms with Gasteiger partial charge in [0.25, 0.3) is 0 Å². The molecule has 36 heavy (non-hydrogen) atoms. The first-order valence-corrected chi connectivity index (χ1v) is 11.5. The van der Waals surface area contributed by atoms with E-state index in [-0.39, 0.29) is 38.1 Å². The predicted molar refractivity (Wildman–Crippen MR) is 144 cm³/mol.